The molecule has 116 valence electrons. The summed E-state index contributed by atoms with van der Waals surface area (Å²) < 4.78 is 21.1. The maximum Gasteiger partial charge on any atom is 0.524 e. The van der Waals surface area contributed by atoms with Crippen molar-refractivity contribution < 1.29 is 28.7 Å². The number of hydrogen-bond acceptors (Lipinski definition) is 4. The average Bonchev–Trinajstić information content (AvgIpc) is 2.46. The Kier molecular flexibility index (Phi) is 3.83. The van der Waals surface area contributed by atoms with Gasteiger partial charge in [0, 0.05) is 12.0 Å². The molecule has 0 saturated carbocycles. The lowest BCUT2D eigenvalue weighted by molar-refractivity contribution is 0.259. The largest absolute Gasteiger partial charge is 0.524 e. The van der Waals surface area contributed by atoms with E-state index in [0.717, 1.165) is 17.5 Å². The predicted octanol–water partition coefficient (Wildman–Crippen LogP) is 2.58. The van der Waals surface area contributed by atoms with Gasteiger partial charge in [-0.3, -0.25) is 9.79 Å². The Morgan fingerprint density at radius 2 is 1.86 bits per heavy atom. The highest BCUT2D eigenvalue weighted by Crippen LogP contribution is 2.41. The van der Waals surface area contributed by atoms with Crippen LogP contribution in [0.25, 0.3) is 0 Å². The Morgan fingerprint density at radius 3 is 2.55 bits per heavy atom. The van der Waals surface area contributed by atoms with E-state index in [9.17, 15) is 9.67 Å². The van der Waals surface area contributed by atoms with Crippen LogP contribution < -0.4 is 9.26 Å². The van der Waals surface area contributed by atoms with Crippen molar-refractivity contribution in [2.24, 2.45) is 0 Å². The van der Waals surface area contributed by atoms with Crippen LogP contribution in [0.4, 0.5) is 0 Å². The molecule has 0 aromatic heterocycles. The first-order valence-corrected chi connectivity index (χ1v) is 8.23. The summed E-state index contributed by atoms with van der Waals surface area (Å²) in [5, 5.41) is 9.33. The molecule has 3 N–H and O–H groups in total. The Labute approximate surface area is 127 Å². The maximum absolute atomic E-state index is 10.8. The summed E-state index contributed by atoms with van der Waals surface area (Å²) in [5.74, 6) is 1.04. The van der Waals surface area contributed by atoms with Crippen LogP contribution in [-0.4, -0.2) is 21.5 Å². The second-order valence-electron chi connectivity index (χ2n) is 5.15. The molecule has 6 nitrogen and oxygen atoms in total. The van der Waals surface area contributed by atoms with Crippen molar-refractivity contribution in [1.82, 2.24) is 0 Å². The molecule has 1 heterocycles. The van der Waals surface area contributed by atoms with Crippen LogP contribution in [0.15, 0.2) is 42.5 Å². The zero-order chi connectivity index (χ0) is 15.7. The zero-order valence-electron chi connectivity index (χ0n) is 11.5. The van der Waals surface area contributed by atoms with Crippen molar-refractivity contribution in [2.75, 3.05) is 6.61 Å². The van der Waals surface area contributed by atoms with Gasteiger partial charge in [-0.15, -0.1) is 0 Å². The number of phenols is 1. The van der Waals surface area contributed by atoms with Crippen LogP contribution in [0.3, 0.4) is 0 Å². The summed E-state index contributed by atoms with van der Waals surface area (Å²) in [6.07, 6.45) is 0.746. The van der Waals surface area contributed by atoms with Gasteiger partial charge < -0.3 is 14.4 Å². The van der Waals surface area contributed by atoms with E-state index in [2.05, 4.69) is 4.52 Å². The number of aromatic hydroxyl groups is 1. The van der Waals surface area contributed by atoms with Gasteiger partial charge in [-0.2, -0.15) is 0 Å². The van der Waals surface area contributed by atoms with Crippen LogP contribution >= 0.6 is 7.82 Å². The van der Waals surface area contributed by atoms with Gasteiger partial charge in [0.2, 0.25) is 0 Å². The monoisotopic (exact) mass is 322 g/mol. The van der Waals surface area contributed by atoms with E-state index >= 15 is 0 Å². The molecule has 7 heteroatoms. The molecule has 0 amide bonds. The van der Waals surface area contributed by atoms with Gasteiger partial charge in [0.25, 0.3) is 0 Å². The Balaban J connectivity index is 1.79. The molecule has 1 aliphatic heterocycles. The normalized spacial score (nSPS) is 17.5. The molecule has 0 aliphatic carbocycles. The average molecular weight is 322 g/mol. The smallest absolute Gasteiger partial charge is 0.508 e. The predicted molar refractivity (Wildman–Crippen MR) is 79.2 cm³/mol. The number of ether oxygens (including phenoxy) is 1. The van der Waals surface area contributed by atoms with Gasteiger partial charge in [0.15, 0.2) is 0 Å². The molecular weight excluding hydrogens is 307 g/mol. The first-order valence-electron chi connectivity index (χ1n) is 6.70. The molecule has 0 bridgehead atoms. The molecule has 2 aromatic rings. The van der Waals surface area contributed by atoms with Crippen molar-refractivity contribution in [2.45, 2.75) is 12.3 Å². The minimum absolute atomic E-state index is 0.0789. The Morgan fingerprint density at radius 1 is 1.14 bits per heavy atom. The molecule has 3 rings (SSSR count). The first-order chi connectivity index (χ1) is 10.4. The van der Waals surface area contributed by atoms with Crippen molar-refractivity contribution >= 4 is 7.82 Å². The summed E-state index contributed by atoms with van der Waals surface area (Å²) in [6.45, 7) is 0.455. The van der Waals surface area contributed by atoms with Gasteiger partial charge in [0.1, 0.15) is 17.2 Å². The molecule has 1 aliphatic rings. The van der Waals surface area contributed by atoms with Gasteiger partial charge >= 0.3 is 7.82 Å². The van der Waals surface area contributed by atoms with E-state index < -0.39 is 7.82 Å². The quantitative estimate of drug-likeness (QED) is 0.752. The van der Waals surface area contributed by atoms with Crippen LogP contribution in [0, 0.1) is 0 Å². The molecule has 0 saturated heterocycles. The molecule has 22 heavy (non-hydrogen) atoms. The lowest BCUT2D eigenvalue weighted by Crippen LogP contribution is -2.19. The number of phenolic OH excluding ortho intramolecular Hbond substituents is 1. The molecule has 0 fully saturated rings. The van der Waals surface area contributed by atoms with Crippen molar-refractivity contribution in [3.05, 3.63) is 53.6 Å². The fourth-order valence-corrected chi connectivity index (χ4v) is 2.90. The van der Waals surface area contributed by atoms with E-state index in [1.54, 1.807) is 18.2 Å². The zero-order valence-corrected chi connectivity index (χ0v) is 12.4. The lowest BCUT2D eigenvalue weighted by atomic mass is 9.90. The molecular formula is C15H15O6P. The number of benzene rings is 2. The molecule has 2 aromatic carbocycles. The van der Waals surface area contributed by atoms with Crippen molar-refractivity contribution in [3.63, 3.8) is 0 Å². The highest BCUT2D eigenvalue weighted by molar-refractivity contribution is 7.46. The highest BCUT2D eigenvalue weighted by atomic mass is 31.2. The van der Waals surface area contributed by atoms with Crippen LogP contribution in [0.1, 0.15) is 17.0 Å². The van der Waals surface area contributed by atoms with Crippen molar-refractivity contribution in [1.29, 1.82) is 0 Å². The van der Waals surface area contributed by atoms with E-state index in [-0.39, 0.29) is 17.4 Å². The standard InChI is InChI=1S/C15H15O6P/c16-13-4-1-10(2-5-13)12-7-11-3-6-14(21-22(17,18)19)8-15(11)20-9-12/h1-6,8,12,16H,7,9H2,(H2,17,18,19). The maximum atomic E-state index is 10.8. The highest BCUT2D eigenvalue weighted by Gasteiger charge is 2.23. The summed E-state index contributed by atoms with van der Waals surface area (Å²) in [7, 11) is -4.57. The van der Waals surface area contributed by atoms with Crippen LogP contribution in [0.2, 0.25) is 0 Å². The van der Waals surface area contributed by atoms with Crippen LogP contribution in [-0.2, 0) is 11.0 Å². The Hall–Kier alpha value is -2.01. The second kappa shape index (κ2) is 5.65. The number of fused-ring (bicyclic) bond motifs is 1. The number of phosphoric ester groups is 1. The molecule has 1 unspecified atom stereocenters. The van der Waals surface area contributed by atoms with Crippen LogP contribution in [0.5, 0.6) is 17.2 Å². The molecule has 0 radical (unpaired) electrons. The molecule has 1 atom stereocenters. The molecule has 0 spiro atoms. The fraction of sp³-hybridized carbons (Fsp3) is 0.200. The number of hydrogen-bond donors (Lipinski definition) is 3. The number of phosphoric acid groups is 1. The Bertz CT molecular complexity index is 721. The van der Waals surface area contributed by atoms with Gasteiger partial charge in [-0.25, -0.2) is 4.57 Å². The minimum atomic E-state index is -4.57. The summed E-state index contributed by atoms with van der Waals surface area (Å²) in [4.78, 5) is 17.6. The van der Waals surface area contributed by atoms with E-state index in [1.807, 2.05) is 12.1 Å². The van der Waals surface area contributed by atoms with E-state index in [4.69, 9.17) is 14.5 Å². The summed E-state index contributed by atoms with van der Waals surface area (Å²) in [5.41, 5.74) is 2.02. The van der Waals surface area contributed by atoms with Gasteiger partial charge in [0.05, 0.1) is 6.61 Å². The third-order valence-corrected chi connectivity index (χ3v) is 3.98. The topological polar surface area (TPSA) is 96.2 Å². The van der Waals surface area contributed by atoms with E-state index in [1.165, 1.54) is 12.1 Å². The SMILES string of the molecule is O=P(O)(O)Oc1ccc2c(c1)OCC(c1ccc(O)cc1)C2. The second-order valence-corrected chi connectivity index (χ2v) is 6.32. The summed E-state index contributed by atoms with van der Waals surface area (Å²) in [6, 6.07) is 11.7. The van der Waals surface area contributed by atoms with Gasteiger partial charge in [-0.05, 0) is 35.7 Å². The van der Waals surface area contributed by atoms with Gasteiger partial charge in [-0.1, -0.05) is 18.2 Å². The van der Waals surface area contributed by atoms with E-state index in [0.29, 0.717) is 12.4 Å². The third kappa shape index (κ3) is 3.42. The first kappa shape index (κ1) is 14.9. The van der Waals surface area contributed by atoms with Crippen molar-refractivity contribution in [3.8, 4) is 17.2 Å². The fourth-order valence-electron chi connectivity index (χ4n) is 2.51. The third-order valence-electron chi connectivity index (χ3n) is 3.53. The summed E-state index contributed by atoms with van der Waals surface area (Å²) >= 11 is 0. The number of rotatable bonds is 3. The lowest BCUT2D eigenvalue weighted by Gasteiger charge is -2.26. The minimum Gasteiger partial charge on any atom is -0.508 e.